The summed E-state index contributed by atoms with van der Waals surface area (Å²) in [6.07, 6.45) is -3.49. The third-order valence-corrected chi connectivity index (χ3v) is 4.65. The van der Waals surface area contributed by atoms with Crippen LogP contribution in [0.2, 0.25) is 5.02 Å². The molecule has 0 aliphatic heterocycles. The minimum Gasteiger partial charge on any atom is -0.467 e. The molecular formula is C19H17ClF4N6O4. The number of aliphatic hydroxyl groups excluding tert-OH is 1. The van der Waals surface area contributed by atoms with Gasteiger partial charge in [-0.3, -0.25) is 14.3 Å². The maximum absolute atomic E-state index is 14.9. The number of ether oxygens (including phenoxy) is 1. The third kappa shape index (κ3) is 5.34. The van der Waals surface area contributed by atoms with Gasteiger partial charge in [0.05, 0.1) is 16.4 Å². The SMILES string of the molecule is CCn1c(CO)nn(-c2nc(OCC(F)(F)F)c(C(=O)Nc3cc(Cl)cnc3C)cc2F)c1=O. The molecule has 15 heteroatoms. The fourth-order valence-corrected chi connectivity index (χ4v) is 3.03. The Kier molecular flexibility index (Phi) is 7.21. The molecule has 0 aliphatic carbocycles. The number of nitrogens with zero attached hydrogens (tertiary/aromatic N) is 5. The average molecular weight is 505 g/mol. The molecule has 10 nitrogen and oxygen atoms in total. The lowest BCUT2D eigenvalue weighted by atomic mass is 10.2. The number of halogens is 5. The Balaban J connectivity index is 2.10. The Morgan fingerprint density at radius 3 is 2.62 bits per heavy atom. The van der Waals surface area contributed by atoms with E-state index in [4.69, 9.17) is 11.6 Å². The summed E-state index contributed by atoms with van der Waals surface area (Å²) in [7, 11) is 0. The van der Waals surface area contributed by atoms with Crippen LogP contribution in [0.3, 0.4) is 0 Å². The summed E-state index contributed by atoms with van der Waals surface area (Å²) in [5, 5.41) is 15.6. The van der Waals surface area contributed by atoms with E-state index in [1.807, 2.05) is 0 Å². The monoisotopic (exact) mass is 504 g/mol. The second-order valence-electron chi connectivity index (χ2n) is 6.80. The lowest BCUT2D eigenvalue weighted by molar-refractivity contribution is -0.154. The number of alkyl halides is 3. The zero-order chi connectivity index (χ0) is 25.2. The van der Waals surface area contributed by atoms with Crippen LogP contribution in [0.15, 0.2) is 23.1 Å². The minimum atomic E-state index is -4.80. The second-order valence-corrected chi connectivity index (χ2v) is 7.24. The molecule has 3 aromatic rings. The zero-order valence-electron chi connectivity index (χ0n) is 17.7. The number of aryl methyl sites for hydroxylation is 1. The molecule has 0 atom stereocenters. The van der Waals surface area contributed by atoms with Gasteiger partial charge in [-0.15, -0.1) is 5.10 Å². The number of carbonyl (C=O) groups is 1. The quantitative estimate of drug-likeness (QED) is 0.474. The molecule has 182 valence electrons. The van der Waals surface area contributed by atoms with Crippen LogP contribution in [0.25, 0.3) is 5.82 Å². The molecule has 0 aliphatic rings. The Bertz CT molecular complexity index is 1290. The summed E-state index contributed by atoms with van der Waals surface area (Å²) in [6, 6.07) is 1.90. The number of hydrogen-bond acceptors (Lipinski definition) is 7. The first-order valence-electron chi connectivity index (χ1n) is 9.58. The highest BCUT2D eigenvalue weighted by Gasteiger charge is 2.31. The normalized spacial score (nSPS) is 11.5. The summed E-state index contributed by atoms with van der Waals surface area (Å²) in [5.74, 6) is -4.16. The molecule has 1 amide bonds. The van der Waals surface area contributed by atoms with Gasteiger partial charge in [0.2, 0.25) is 5.88 Å². The topological polar surface area (TPSA) is 124 Å². The standard InChI is InChI=1S/C19H17ClF4N6O4/c1-3-29-14(7-31)28-30(18(29)33)15-12(21)5-11(17(27-15)34-8-19(22,23)24)16(32)26-13-4-10(20)6-25-9(13)2/h4-6,31H,3,7-8H2,1-2H3,(H,26,32). The highest BCUT2D eigenvalue weighted by Crippen LogP contribution is 2.26. The summed E-state index contributed by atoms with van der Waals surface area (Å²) in [6.45, 7) is 0.658. The fourth-order valence-electron chi connectivity index (χ4n) is 2.87. The number of amides is 1. The van der Waals surface area contributed by atoms with Gasteiger partial charge in [-0.05, 0) is 26.0 Å². The van der Waals surface area contributed by atoms with Crippen molar-refractivity contribution in [1.82, 2.24) is 24.3 Å². The van der Waals surface area contributed by atoms with Crippen molar-refractivity contribution in [1.29, 1.82) is 0 Å². The maximum atomic E-state index is 14.9. The summed E-state index contributed by atoms with van der Waals surface area (Å²) in [4.78, 5) is 32.9. The van der Waals surface area contributed by atoms with Gasteiger partial charge in [-0.25, -0.2) is 9.18 Å². The fraction of sp³-hybridized carbons (Fsp3) is 0.316. The summed E-state index contributed by atoms with van der Waals surface area (Å²) < 4.78 is 59.4. The van der Waals surface area contributed by atoms with Crippen LogP contribution in [-0.2, 0) is 13.2 Å². The van der Waals surface area contributed by atoms with Crippen LogP contribution < -0.4 is 15.7 Å². The molecule has 0 aromatic carbocycles. The van der Waals surface area contributed by atoms with Crippen molar-refractivity contribution in [3.63, 3.8) is 0 Å². The average Bonchev–Trinajstić information content (AvgIpc) is 3.09. The van der Waals surface area contributed by atoms with E-state index in [1.54, 1.807) is 6.92 Å². The zero-order valence-corrected chi connectivity index (χ0v) is 18.4. The minimum absolute atomic E-state index is 0.0707. The van der Waals surface area contributed by atoms with Gasteiger partial charge in [0, 0.05) is 12.7 Å². The van der Waals surface area contributed by atoms with Crippen molar-refractivity contribution in [2.45, 2.75) is 33.2 Å². The molecule has 3 rings (SSSR count). The van der Waals surface area contributed by atoms with Gasteiger partial charge < -0.3 is 15.2 Å². The number of hydrogen-bond donors (Lipinski definition) is 2. The maximum Gasteiger partial charge on any atom is 0.422 e. The van der Waals surface area contributed by atoms with E-state index < -0.39 is 54.1 Å². The van der Waals surface area contributed by atoms with E-state index >= 15 is 0 Å². The first kappa shape index (κ1) is 25.1. The van der Waals surface area contributed by atoms with E-state index in [-0.39, 0.29) is 23.1 Å². The van der Waals surface area contributed by atoms with Crippen LogP contribution in [-0.4, -0.2) is 48.1 Å². The predicted molar refractivity (Wildman–Crippen MR) is 111 cm³/mol. The van der Waals surface area contributed by atoms with Crippen molar-refractivity contribution in [3.8, 4) is 11.7 Å². The van der Waals surface area contributed by atoms with Crippen molar-refractivity contribution in [2.75, 3.05) is 11.9 Å². The Labute approximate surface area is 193 Å². The number of aromatic nitrogens is 5. The molecule has 0 fully saturated rings. The Morgan fingerprint density at radius 1 is 1.32 bits per heavy atom. The number of anilines is 1. The van der Waals surface area contributed by atoms with Gasteiger partial charge in [0.15, 0.2) is 24.1 Å². The molecule has 2 N–H and O–H groups in total. The first-order valence-corrected chi connectivity index (χ1v) is 9.96. The predicted octanol–water partition coefficient (Wildman–Crippen LogP) is 2.63. The molecule has 0 unspecified atom stereocenters. The number of pyridine rings is 2. The van der Waals surface area contributed by atoms with Gasteiger partial charge in [0.25, 0.3) is 5.91 Å². The molecule has 0 saturated carbocycles. The molecule has 3 heterocycles. The number of nitrogens with one attached hydrogen (secondary N) is 1. The van der Waals surface area contributed by atoms with Crippen LogP contribution >= 0.6 is 11.6 Å². The van der Waals surface area contributed by atoms with E-state index in [2.05, 4.69) is 25.1 Å². The molecule has 0 radical (unpaired) electrons. The van der Waals surface area contributed by atoms with Crippen LogP contribution in [0.5, 0.6) is 5.88 Å². The Morgan fingerprint density at radius 2 is 2.03 bits per heavy atom. The van der Waals surface area contributed by atoms with E-state index in [9.17, 15) is 32.3 Å². The molecule has 3 aromatic heterocycles. The summed E-state index contributed by atoms with van der Waals surface area (Å²) in [5.41, 5.74) is -1.14. The van der Waals surface area contributed by atoms with Crippen molar-refractivity contribution in [2.24, 2.45) is 0 Å². The smallest absolute Gasteiger partial charge is 0.422 e. The van der Waals surface area contributed by atoms with E-state index in [1.165, 1.54) is 19.2 Å². The Hall–Kier alpha value is -3.52. The van der Waals surface area contributed by atoms with E-state index in [0.29, 0.717) is 16.4 Å². The van der Waals surface area contributed by atoms with Crippen molar-refractivity contribution < 1.29 is 32.2 Å². The van der Waals surface area contributed by atoms with E-state index in [0.717, 1.165) is 4.57 Å². The molecule has 0 bridgehead atoms. The first-order chi connectivity index (χ1) is 15.9. The highest BCUT2D eigenvalue weighted by atomic mass is 35.5. The van der Waals surface area contributed by atoms with Crippen LogP contribution in [0, 0.1) is 12.7 Å². The lowest BCUT2D eigenvalue weighted by Gasteiger charge is -2.14. The van der Waals surface area contributed by atoms with Crippen molar-refractivity contribution >= 4 is 23.2 Å². The van der Waals surface area contributed by atoms with Crippen molar-refractivity contribution in [3.05, 3.63) is 56.7 Å². The largest absolute Gasteiger partial charge is 0.467 e. The second kappa shape index (κ2) is 9.77. The van der Waals surface area contributed by atoms with Crippen LogP contribution in [0.4, 0.5) is 23.2 Å². The molecule has 34 heavy (non-hydrogen) atoms. The third-order valence-electron chi connectivity index (χ3n) is 4.44. The molecule has 0 spiro atoms. The molecule has 0 saturated heterocycles. The number of rotatable bonds is 7. The highest BCUT2D eigenvalue weighted by molar-refractivity contribution is 6.30. The lowest BCUT2D eigenvalue weighted by Crippen LogP contribution is -2.27. The van der Waals surface area contributed by atoms with Gasteiger partial charge in [0.1, 0.15) is 12.2 Å². The summed E-state index contributed by atoms with van der Waals surface area (Å²) >= 11 is 5.85. The van der Waals surface area contributed by atoms with Gasteiger partial charge >= 0.3 is 11.9 Å². The molecular weight excluding hydrogens is 488 g/mol. The van der Waals surface area contributed by atoms with Gasteiger partial charge in [-0.1, -0.05) is 11.6 Å². The van der Waals surface area contributed by atoms with Gasteiger partial charge in [-0.2, -0.15) is 22.8 Å². The number of carbonyl (C=O) groups excluding carboxylic acids is 1. The number of aliphatic hydroxyl groups is 1. The van der Waals surface area contributed by atoms with Crippen LogP contribution in [0.1, 0.15) is 28.8 Å².